The van der Waals surface area contributed by atoms with Crippen LogP contribution in [0.4, 0.5) is 5.69 Å². The van der Waals surface area contributed by atoms with E-state index in [1.165, 1.54) is 11.8 Å². The maximum absolute atomic E-state index is 12.1. The van der Waals surface area contributed by atoms with E-state index in [4.69, 9.17) is 14.7 Å². The summed E-state index contributed by atoms with van der Waals surface area (Å²) in [5.41, 5.74) is 1.56. The zero-order valence-electron chi connectivity index (χ0n) is 13.2. The summed E-state index contributed by atoms with van der Waals surface area (Å²) >= 11 is 1.43. The number of fused-ring (bicyclic) bond motifs is 1. The fourth-order valence-corrected chi connectivity index (χ4v) is 3.00. The highest BCUT2D eigenvalue weighted by Gasteiger charge is 2.17. The zero-order valence-corrected chi connectivity index (χ0v) is 14.0. The number of ether oxygens (including phenoxy) is 2. The smallest absolute Gasteiger partial charge is 0.338 e. The highest BCUT2D eigenvalue weighted by molar-refractivity contribution is 8.00. The number of hydrogen-bond acceptors (Lipinski definition) is 6. The van der Waals surface area contributed by atoms with Gasteiger partial charge in [0.2, 0.25) is 5.91 Å². The van der Waals surface area contributed by atoms with Crippen LogP contribution in [0.15, 0.2) is 47.4 Å². The van der Waals surface area contributed by atoms with E-state index >= 15 is 0 Å². The number of carbonyl (C=O) groups excluding carboxylic acids is 2. The number of amides is 1. The minimum atomic E-state index is -0.476. The normalized spacial score (nSPS) is 12.5. The average Bonchev–Trinajstić information content (AvgIpc) is 2.65. The molecule has 0 radical (unpaired) electrons. The molecule has 6 nitrogen and oxygen atoms in total. The van der Waals surface area contributed by atoms with Crippen LogP contribution in [-0.4, -0.2) is 30.8 Å². The van der Waals surface area contributed by atoms with Crippen molar-refractivity contribution < 1.29 is 19.1 Å². The van der Waals surface area contributed by atoms with Gasteiger partial charge in [0.15, 0.2) is 0 Å². The number of nitrogens with one attached hydrogen (secondary N) is 1. The van der Waals surface area contributed by atoms with Gasteiger partial charge in [-0.1, -0.05) is 0 Å². The van der Waals surface area contributed by atoms with Gasteiger partial charge < -0.3 is 14.8 Å². The first kappa shape index (κ1) is 16.9. The Kier molecular flexibility index (Phi) is 5.21. The molecule has 0 bridgehead atoms. The first-order chi connectivity index (χ1) is 12.2. The van der Waals surface area contributed by atoms with Gasteiger partial charge in [-0.15, -0.1) is 11.8 Å². The van der Waals surface area contributed by atoms with Crippen LogP contribution in [0.2, 0.25) is 0 Å². The lowest BCUT2D eigenvalue weighted by molar-refractivity contribution is -0.113. The molecule has 2 aromatic carbocycles. The number of benzene rings is 2. The fraction of sp³-hybridized carbons (Fsp3) is 0.167. The summed E-state index contributed by atoms with van der Waals surface area (Å²) in [5, 5.41) is 11.5. The lowest BCUT2D eigenvalue weighted by Crippen LogP contribution is -2.19. The third-order valence-corrected chi connectivity index (χ3v) is 4.49. The Morgan fingerprint density at radius 1 is 1.20 bits per heavy atom. The van der Waals surface area contributed by atoms with Crippen LogP contribution in [0.1, 0.15) is 15.9 Å². The van der Waals surface area contributed by atoms with E-state index in [0.29, 0.717) is 28.3 Å². The maximum Gasteiger partial charge on any atom is 0.338 e. The monoisotopic (exact) mass is 354 g/mol. The molecule has 0 fully saturated rings. The molecular formula is C18H14N2O4S. The van der Waals surface area contributed by atoms with Crippen LogP contribution in [0.25, 0.3) is 0 Å². The van der Waals surface area contributed by atoms with E-state index in [-0.39, 0.29) is 19.1 Å². The number of anilines is 1. The van der Waals surface area contributed by atoms with Crippen molar-refractivity contribution >= 4 is 29.3 Å². The third-order valence-electron chi connectivity index (χ3n) is 3.42. The van der Waals surface area contributed by atoms with Crippen molar-refractivity contribution in [2.24, 2.45) is 0 Å². The minimum Gasteiger partial charge on any atom is -0.490 e. The van der Waals surface area contributed by atoms with Gasteiger partial charge in [-0.25, -0.2) is 4.79 Å². The van der Waals surface area contributed by atoms with Crippen molar-refractivity contribution in [3.8, 4) is 11.8 Å². The van der Waals surface area contributed by atoms with E-state index < -0.39 is 5.97 Å². The Labute approximate surface area is 148 Å². The molecule has 1 N–H and O–H groups in total. The number of nitrogens with zero attached hydrogens (tertiary/aromatic N) is 1. The van der Waals surface area contributed by atoms with Crippen molar-refractivity contribution in [1.82, 2.24) is 0 Å². The average molecular weight is 354 g/mol. The van der Waals surface area contributed by atoms with E-state index in [1.54, 1.807) is 42.5 Å². The van der Waals surface area contributed by atoms with Crippen molar-refractivity contribution in [2.75, 3.05) is 24.3 Å². The fourth-order valence-electron chi connectivity index (χ4n) is 2.21. The molecule has 0 atom stereocenters. The first-order valence-electron chi connectivity index (χ1n) is 7.52. The van der Waals surface area contributed by atoms with Crippen molar-refractivity contribution in [2.45, 2.75) is 4.90 Å². The molecule has 2 aromatic rings. The third kappa shape index (κ3) is 4.31. The standard InChI is InChI=1S/C18H14N2O4S/c19-10-12-1-4-14(5-2-12)23-7-8-24-18(22)13-3-6-16-15(9-13)20-17(21)11-25-16/h1-6,9H,7-8,11H2,(H,20,21). The van der Waals surface area contributed by atoms with Gasteiger partial charge in [0.1, 0.15) is 19.0 Å². The highest BCUT2D eigenvalue weighted by Crippen LogP contribution is 2.32. The highest BCUT2D eigenvalue weighted by atomic mass is 32.2. The molecule has 126 valence electrons. The van der Waals surface area contributed by atoms with Gasteiger partial charge in [0.25, 0.3) is 0 Å². The van der Waals surface area contributed by atoms with Gasteiger partial charge in [-0.2, -0.15) is 5.26 Å². The molecule has 0 aliphatic carbocycles. The topological polar surface area (TPSA) is 88.4 Å². The summed E-state index contributed by atoms with van der Waals surface area (Å²) < 4.78 is 10.6. The minimum absolute atomic E-state index is 0.0844. The SMILES string of the molecule is N#Cc1ccc(OCCOC(=O)c2ccc3c(c2)NC(=O)CS3)cc1. The Morgan fingerprint density at radius 2 is 2.00 bits per heavy atom. The van der Waals surface area contributed by atoms with Crippen molar-refractivity contribution in [3.05, 3.63) is 53.6 Å². The molecule has 25 heavy (non-hydrogen) atoms. The van der Waals surface area contributed by atoms with Gasteiger partial charge >= 0.3 is 5.97 Å². The molecule has 1 aliphatic heterocycles. The number of nitriles is 1. The van der Waals surface area contributed by atoms with E-state index in [9.17, 15) is 9.59 Å². The lowest BCUT2D eigenvalue weighted by Gasteiger charge is -2.16. The van der Waals surface area contributed by atoms with E-state index in [1.807, 2.05) is 6.07 Å². The molecule has 0 saturated carbocycles. The molecule has 0 saturated heterocycles. The summed E-state index contributed by atoms with van der Waals surface area (Å²) in [6.07, 6.45) is 0. The van der Waals surface area contributed by atoms with Crippen LogP contribution in [0, 0.1) is 11.3 Å². The summed E-state index contributed by atoms with van der Waals surface area (Å²) in [7, 11) is 0. The van der Waals surface area contributed by atoms with Crippen molar-refractivity contribution in [1.29, 1.82) is 5.26 Å². The molecule has 0 spiro atoms. The summed E-state index contributed by atoms with van der Waals surface area (Å²) in [4.78, 5) is 24.4. The molecule has 1 aliphatic rings. The van der Waals surface area contributed by atoms with Crippen LogP contribution in [-0.2, 0) is 9.53 Å². The molecule has 0 unspecified atom stereocenters. The van der Waals surface area contributed by atoms with Crippen LogP contribution >= 0.6 is 11.8 Å². The van der Waals surface area contributed by atoms with Crippen molar-refractivity contribution in [3.63, 3.8) is 0 Å². The second kappa shape index (κ2) is 7.73. The predicted octanol–water partition coefficient (Wildman–Crippen LogP) is 2.84. The number of thioether (sulfide) groups is 1. The molecule has 0 aromatic heterocycles. The van der Waals surface area contributed by atoms with Crippen LogP contribution in [0.5, 0.6) is 5.75 Å². The second-order valence-electron chi connectivity index (χ2n) is 5.17. The van der Waals surface area contributed by atoms with Crippen LogP contribution in [0.3, 0.4) is 0 Å². The first-order valence-corrected chi connectivity index (χ1v) is 8.51. The van der Waals surface area contributed by atoms with Gasteiger partial charge in [-0.05, 0) is 42.5 Å². The van der Waals surface area contributed by atoms with E-state index in [2.05, 4.69) is 5.32 Å². The Morgan fingerprint density at radius 3 is 2.76 bits per heavy atom. The zero-order chi connectivity index (χ0) is 17.6. The Balaban J connectivity index is 1.50. The molecule has 1 amide bonds. The predicted molar refractivity (Wildman–Crippen MR) is 92.7 cm³/mol. The van der Waals surface area contributed by atoms with Gasteiger partial charge in [0.05, 0.1) is 28.6 Å². The molecule has 1 heterocycles. The second-order valence-corrected chi connectivity index (χ2v) is 6.19. The lowest BCUT2D eigenvalue weighted by atomic mass is 10.2. The number of esters is 1. The summed E-state index contributed by atoms with van der Waals surface area (Å²) in [5.74, 6) is 0.419. The van der Waals surface area contributed by atoms with E-state index in [0.717, 1.165) is 4.90 Å². The largest absolute Gasteiger partial charge is 0.490 e. The number of carbonyl (C=O) groups is 2. The summed E-state index contributed by atoms with van der Waals surface area (Å²) in [6.45, 7) is 0.298. The molecule has 3 rings (SSSR count). The van der Waals surface area contributed by atoms with Gasteiger partial charge in [0, 0.05) is 4.90 Å². The number of hydrogen-bond donors (Lipinski definition) is 1. The van der Waals surface area contributed by atoms with Crippen LogP contribution < -0.4 is 10.1 Å². The molecule has 7 heteroatoms. The Bertz CT molecular complexity index is 843. The number of rotatable bonds is 5. The quantitative estimate of drug-likeness (QED) is 0.656. The molecular weight excluding hydrogens is 340 g/mol. The Hall–Kier alpha value is -2.98. The van der Waals surface area contributed by atoms with Gasteiger partial charge in [-0.3, -0.25) is 4.79 Å². The maximum atomic E-state index is 12.1. The summed E-state index contributed by atoms with van der Waals surface area (Å²) in [6, 6.07) is 13.8.